The number of amides is 1. The average Bonchev–Trinajstić information content (AvgIpc) is 2.93. The van der Waals surface area contributed by atoms with Gasteiger partial charge in [0.2, 0.25) is 0 Å². The number of nitrogens with zero attached hydrogens (tertiary/aromatic N) is 2. The van der Waals surface area contributed by atoms with Crippen LogP contribution in [0.4, 0.5) is 0 Å². The molecule has 29 heavy (non-hydrogen) atoms. The number of hydrogen-bond donors (Lipinski definition) is 1. The Morgan fingerprint density at radius 1 is 0.966 bits per heavy atom. The van der Waals surface area contributed by atoms with Crippen LogP contribution in [0.3, 0.4) is 0 Å². The van der Waals surface area contributed by atoms with E-state index >= 15 is 0 Å². The van der Waals surface area contributed by atoms with Crippen LogP contribution < -0.4 is 0 Å². The van der Waals surface area contributed by atoms with E-state index in [-0.39, 0.29) is 11.3 Å². The van der Waals surface area contributed by atoms with Crippen LogP contribution in [-0.2, 0) is 9.59 Å². The number of hydrogen-bond acceptors (Lipinski definition) is 4. The fourth-order valence-corrected chi connectivity index (χ4v) is 3.63. The molecular weight excluding hydrogens is 364 g/mol. The van der Waals surface area contributed by atoms with Gasteiger partial charge in [0.05, 0.1) is 11.6 Å². The lowest BCUT2D eigenvalue weighted by Crippen LogP contribution is -2.32. The van der Waals surface area contributed by atoms with Gasteiger partial charge in [-0.3, -0.25) is 9.59 Å². The van der Waals surface area contributed by atoms with Crippen LogP contribution >= 0.6 is 0 Å². The van der Waals surface area contributed by atoms with Crippen LogP contribution in [0.15, 0.2) is 54.1 Å². The highest BCUT2D eigenvalue weighted by Crippen LogP contribution is 2.39. The van der Waals surface area contributed by atoms with Gasteiger partial charge in [-0.15, -0.1) is 0 Å². The SMILES string of the molecule is Cc1ccc(/C(O)=C2\C(=O)C(=O)N(CCCN(C)C)[C@H]2c2ccc(C)cc2)cc1. The standard InChI is InChI=1S/C24H28N2O3/c1-16-6-10-18(11-7-16)21-20(22(27)19-12-8-17(2)9-13-19)23(28)24(29)26(21)15-5-14-25(3)4/h6-13,21,27H,5,14-15H2,1-4H3/b22-20+/t21-/m0/s1. The van der Waals surface area contributed by atoms with Crippen molar-refractivity contribution in [2.75, 3.05) is 27.2 Å². The zero-order chi connectivity index (χ0) is 21.1. The highest BCUT2D eigenvalue weighted by molar-refractivity contribution is 6.46. The van der Waals surface area contributed by atoms with Crippen molar-refractivity contribution in [2.45, 2.75) is 26.3 Å². The molecule has 1 amide bonds. The van der Waals surface area contributed by atoms with Crippen LogP contribution in [-0.4, -0.2) is 53.8 Å². The minimum atomic E-state index is -0.626. The summed E-state index contributed by atoms with van der Waals surface area (Å²) in [5.41, 5.74) is 3.68. The first-order valence-corrected chi connectivity index (χ1v) is 9.86. The van der Waals surface area contributed by atoms with Crippen LogP contribution in [0.5, 0.6) is 0 Å². The predicted octanol–water partition coefficient (Wildman–Crippen LogP) is 3.68. The van der Waals surface area contributed by atoms with Gasteiger partial charge >= 0.3 is 0 Å². The van der Waals surface area contributed by atoms with Gasteiger partial charge in [-0.05, 0) is 46.5 Å². The molecule has 2 aromatic rings. The average molecular weight is 392 g/mol. The van der Waals surface area contributed by atoms with Gasteiger partial charge in [0.1, 0.15) is 5.76 Å². The molecule has 3 rings (SSSR count). The number of benzene rings is 2. The number of carbonyl (C=O) groups excluding carboxylic acids is 2. The molecule has 1 aliphatic rings. The van der Waals surface area contributed by atoms with E-state index in [1.54, 1.807) is 17.0 Å². The Morgan fingerprint density at radius 3 is 2.07 bits per heavy atom. The van der Waals surface area contributed by atoms with Crippen LogP contribution in [0.25, 0.3) is 5.76 Å². The lowest BCUT2D eigenvalue weighted by Gasteiger charge is -2.26. The molecule has 1 N–H and O–H groups in total. The Morgan fingerprint density at radius 2 is 1.52 bits per heavy atom. The van der Waals surface area contributed by atoms with Gasteiger partial charge in [-0.25, -0.2) is 0 Å². The third-order valence-corrected chi connectivity index (χ3v) is 5.26. The molecule has 1 heterocycles. The van der Waals surface area contributed by atoms with E-state index < -0.39 is 17.7 Å². The predicted molar refractivity (Wildman–Crippen MR) is 115 cm³/mol. The summed E-state index contributed by atoms with van der Waals surface area (Å²) in [4.78, 5) is 29.4. The number of ketones is 1. The molecule has 0 aromatic heterocycles. The number of carbonyl (C=O) groups is 2. The molecule has 5 heteroatoms. The normalized spacial score (nSPS) is 18.7. The lowest BCUT2D eigenvalue weighted by atomic mass is 9.94. The summed E-state index contributed by atoms with van der Waals surface area (Å²) in [7, 11) is 3.95. The number of aliphatic hydroxyl groups is 1. The van der Waals surface area contributed by atoms with Crippen molar-refractivity contribution in [1.29, 1.82) is 0 Å². The maximum atomic E-state index is 12.9. The Hall–Kier alpha value is -2.92. The first-order chi connectivity index (χ1) is 13.8. The molecule has 0 bridgehead atoms. The van der Waals surface area contributed by atoms with E-state index in [0.29, 0.717) is 12.1 Å². The fourth-order valence-electron chi connectivity index (χ4n) is 3.63. The van der Waals surface area contributed by atoms with E-state index in [0.717, 1.165) is 29.7 Å². The van der Waals surface area contributed by atoms with Gasteiger partial charge in [-0.1, -0.05) is 59.7 Å². The molecule has 0 saturated carbocycles. The molecule has 0 unspecified atom stereocenters. The second-order valence-corrected chi connectivity index (χ2v) is 7.93. The smallest absolute Gasteiger partial charge is 0.295 e. The quantitative estimate of drug-likeness (QED) is 0.463. The highest BCUT2D eigenvalue weighted by Gasteiger charge is 2.45. The monoisotopic (exact) mass is 392 g/mol. The molecule has 0 aliphatic carbocycles. The third kappa shape index (κ3) is 4.40. The summed E-state index contributed by atoms with van der Waals surface area (Å²) < 4.78 is 0. The van der Waals surface area contributed by atoms with Crippen molar-refractivity contribution in [3.8, 4) is 0 Å². The topological polar surface area (TPSA) is 60.9 Å². The molecule has 1 aliphatic heterocycles. The van der Waals surface area contributed by atoms with Crippen LogP contribution in [0.1, 0.15) is 34.7 Å². The van der Waals surface area contributed by atoms with Gasteiger partial charge in [0.15, 0.2) is 0 Å². The highest BCUT2D eigenvalue weighted by atomic mass is 16.3. The first kappa shape index (κ1) is 20.8. The number of rotatable bonds is 6. The number of aliphatic hydroxyl groups excluding tert-OH is 1. The largest absolute Gasteiger partial charge is 0.507 e. The minimum absolute atomic E-state index is 0.121. The zero-order valence-corrected chi connectivity index (χ0v) is 17.5. The fraction of sp³-hybridized carbons (Fsp3) is 0.333. The van der Waals surface area contributed by atoms with Crippen molar-refractivity contribution in [2.24, 2.45) is 0 Å². The Labute approximate surface area is 172 Å². The van der Waals surface area contributed by atoms with Crippen molar-refractivity contribution in [3.05, 3.63) is 76.4 Å². The van der Waals surface area contributed by atoms with Crippen molar-refractivity contribution in [1.82, 2.24) is 9.80 Å². The Kier molecular flexibility index (Phi) is 6.18. The maximum absolute atomic E-state index is 12.9. The van der Waals surface area contributed by atoms with Crippen molar-refractivity contribution < 1.29 is 14.7 Å². The molecule has 152 valence electrons. The van der Waals surface area contributed by atoms with E-state index in [4.69, 9.17) is 0 Å². The second kappa shape index (κ2) is 8.62. The zero-order valence-electron chi connectivity index (χ0n) is 17.5. The second-order valence-electron chi connectivity index (χ2n) is 7.93. The molecule has 0 radical (unpaired) electrons. The molecule has 0 spiro atoms. The molecule has 1 fully saturated rings. The number of aryl methyl sites for hydroxylation is 2. The minimum Gasteiger partial charge on any atom is -0.507 e. The summed E-state index contributed by atoms with van der Waals surface area (Å²) in [6.45, 7) is 5.21. The maximum Gasteiger partial charge on any atom is 0.295 e. The number of Topliss-reactive ketones (excluding diaryl/α,β-unsaturated/α-hetero) is 1. The van der Waals surface area contributed by atoms with Gasteiger partial charge in [0, 0.05) is 12.1 Å². The summed E-state index contributed by atoms with van der Waals surface area (Å²) in [6.07, 6.45) is 0.743. The molecule has 1 atom stereocenters. The summed E-state index contributed by atoms with van der Waals surface area (Å²) in [5, 5.41) is 11.0. The van der Waals surface area contributed by atoms with E-state index in [2.05, 4.69) is 0 Å². The lowest BCUT2D eigenvalue weighted by molar-refractivity contribution is -0.139. The Bertz CT molecular complexity index is 928. The summed E-state index contributed by atoms with van der Waals surface area (Å²) in [6, 6.07) is 14.5. The summed E-state index contributed by atoms with van der Waals surface area (Å²) >= 11 is 0. The van der Waals surface area contributed by atoms with E-state index in [9.17, 15) is 14.7 Å². The summed E-state index contributed by atoms with van der Waals surface area (Å²) in [5.74, 6) is -1.30. The molecule has 1 saturated heterocycles. The molecule has 2 aromatic carbocycles. The van der Waals surface area contributed by atoms with Crippen molar-refractivity contribution >= 4 is 17.4 Å². The first-order valence-electron chi connectivity index (χ1n) is 9.86. The van der Waals surface area contributed by atoms with Gasteiger partial charge in [-0.2, -0.15) is 0 Å². The van der Waals surface area contributed by atoms with Crippen LogP contribution in [0, 0.1) is 13.8 Å². The van der Waals surface area contributed by atoms with Crippen molar-refractivity contribution in [3.63, 3.8) is 0 Å². The van der Waals surface area contributed by atoms with E-state index in [1.807, 2.05) is 69.2 Å². The van der Waals surface area contributed by atoms with Crippen LogP contribution in [0.2, 0.25) is 0 Å². The Balaban J connectivity index is 2.07. The molecular formula is C24H28N2O3. The third-order valence-electron chi connectivity index (χ3n) is 5.26. The molecule has 5 nitrogen and oxygen atoms in total. The van der Waals surface area contributed by atoms with Gasteiger partial charge in [0.25, 0.3) is 11.7 Å². The number of likely N-dealkylation sites (tertiary alicyclic amines) is 1. The van der Waals surface area contributed by atoms with Gasteiger partial charge < -0.3 is 14.9 Å². The van der Waals surface area contributed by atoms with E-state index in [1.165, 1.54) is 0 Å².